The average molecular weight is 269 g/mol. The Balaban J connectivity index is 2.69. The van der Waals surface area contributed by atoms with Crippen LogP contribution in [0.5, 0.6) is 0 Å². The molecular weight excluding hydrogens is 248 g/mol. The van der Waals surface area contributed by atoms with Gasteiger partial charge in [-0.1, -0.05) is 6.92 Å². The normalized spacial score (nSPS) is 27.8. The minimum absolute atomic E-state index is 0.110. The Morgan fingerprint density at radius 3 is 2.50 bits per heavy atom. The van der Waals surface area contributed by atoms with E-state index in [2.05, 4.69) is 6.92 Å². The number of hydrogen-bond donors (Lipinski definition) is 0. The van der Waals surface area contributed by atoms with Crippen LogP contribution in [-0.2, 0) is 10.2 Å². The Morgan fingerprint density at radius 1 is 1.44 bits per heavy atom. The van der Waals surface area contributed by atoms with Gasteiger partial charge in [0.05, 0.1) is 0 Å². The van der Waals surface area contributed by atoms with Crippen LogP contribution in [0.3, 0.4) is 0 Å². The van der Waals surface area contributed by atoms with Crippen molar-refractivity contribution in [2.75, 3.05) is 26.0 Å². The summed E-state index contributed by atoms with van der Waals surface area (Å²) in [5.74, 6) is 0.942. The van der Waals surface area contributed by atoms with Crippen LogP contribution in [0.1, 0.15) is 26.7 Å². The van der Waals surface area contributed by atoms with Gasteiger partial charge in [-0.3, -0.25) is 0 Å². The van der Waals surface area contributed by atoms with E-state index in [4.69, 9.17) is 11.6 Å². The Morgan fingerprint density at radius 2 is 2.06 bits per heavy atom. The van der Waals surface area contributed by atoms with Crippen LogP contribution in [-0.4, -0.2) is 49.1 Å². The van der Waals surface area contributed by atoms with Crippen LogP contribution >= 0.6 is 11.6 Å². The summed E-state index contributed by atoms with van der Waals surface area (Å²) in [5.41, 5.74) is 0. The summed E-state index contributed by atoms with van der Waals surface area (Å²) in [7, 11) is -1.66. The van der Waals surface area contributed by atoms with Gasteiger partial charge in [0.1, 0.15) is 0 Å². The van der Waals surface area contributed by atoms with Crippen molar-refractivity contribution in [3.63, 3.8) is 0 Å². The molecule has 6 heteroatoms. The van der Waals surface area contributed by atoms with E-state index in [-0.39, 0.29) is 6.04 Å². The van der Waals surface area contributed by atoms with Crippen LogP contribution < -0.4 is 0 Å². The predicted octanol–water partition coefficient (Wildman–Crippen LogP) is 1.52. The lowest BCUT2D eigenvalue weighted by atomic mass is 10.1. The minimum Gasteiger partial charge on any atom is -0.195 e. The van der Waals surface area contributed by atoms with Crippen molar-refractivity contribution in [2.24, 2.45) is 5.92 Å². The average Bonchev–Trinajstić information content (AvgIpc) is 2.54. The Hall–Kier alpha value is 0.160. The molecular formula is C10H21ClN2O2S. The molecule has 0 aromatic heterocycles. The van der Waals surface area contributed by atoms with E-state index in [0.717, 1.165) is 6.42 Å². The molecule has 0 spiro atoms. The van der Waals surface area contributed by atoms with E-state index in [1.807, 2.05) is 6.92 Å². The summed E-state index contributed by atoms with van der Waals surface area (Å²) >= 11 is 5.57. The van der Waals surface area contributed by atoms with E-state index >= 15 is 0 Å². The van der Waals surface area contributed by atoms with Gasteiger partial charge in [-0.15, -0.1) is 11.6 Å². The smallest absolute Gasteiger partial charge is 0.195 e. The largest absolute Gasteiger partial charge is 0.281 e. The van der Waals surface area contributed by atoms with Crippen LogP contribution in [0.15, 0.2) is 0 Å². The van der Waals surface area contributed by atoms with Crippen molar-refractivity contribution < 1.29 is 8.42 Å². The van der Waals surface area contributed by atoms with Gasteiger partial charge in [-0.05, 0) is 25.7 Å². The first-order chi connectivity index (χ1) is 7.39. The molecule has 0 N–H and O–H groups in total. The SMILES string of the molecule is CC1CC(C)N(S(=O)(=O)N(C)CCCCl)C1. The van der Waals surface area contributed by atoms with Crippen molar-refractivity contribution >= 4 is 21.8 Å². The summed E-state index contributed by atoms with van der Waals surface area (Å²) in [5, 5.41) is 0. The molecule has 0 saturated carbocycles. The van der Waals surface area contributed by atoms with Crippen LogP contribution in [0, 0.1) is 5.92 Å². The molecule has 0 aromatic rings. The monoisotopic (exact) mass is 268 g/mol. The molecule has 96 valence electrons. The number of halogens is 1. The molecule has 1 aliphatic heterocycles. The van der Waals surface area contributed by atoms with Crippen LogP contribution in [0.25, 0.3) is 0 Å². The molecule has 4 nitrogen and oxygen atoms in total. The number of rotatable bonds is 5. The lowest BCUT2D eigenvalue weighted by molar-refractivity contribution is 0.353. The summed E-state index contributed by atoms with van der Waals surface area (Å²) in [6, 6.07) is 0.110. The maximum absolute atomic E-state index is 12.2. The maximum Gasteiger partial charge on any atom is 0.281 e. The Kier molecular flexibility index (Phi) is 5.04. The minimum atomic E-state index is -3.29. The van der Waals surface area contributed by atoms with E-state index < -0.39 is 10.2 Å². The quantitative estimate of drug-likeness (QED) is 0.710. The van der Waals surface area contributed by atoms with Gasteiger partial charge in [0.15, 0.2) is 0 Å². The molecule has 0 bridgehead atoms. The third kappa shape index (κ3) is 3.09. The highest BCUT2D eigenvalue weighted by atomic mass is 35.5. The molecule has 2 atom stereocenters. The fourth-order valence-corrected chi connectivity index (χ4v) is 3.98. The van der Waals surface area contributed by atoms with Crippen molar-refractivity contribution in [3.8, 4) is 0 Å². The molecule has 0 radical (unpaired) electrons. The summed E-state index contributed by atoms with van der Waals surface area (Å²) in [6.45, 7) is 5.18. The van der Waals surface area contributed by atoms with E-state index in [1.165, 1.54) is 4.31 Å². The molecule has 1 fully saturated rings. The van der Waals surface area contributed by atoms with Crippen molar-refractivity contribution in [2.45, 2.75) is 32.7 Å². The zero-order valence-electron chi connectivity index (χ0n) is 10.2. The molecule has 0 amide bonds. The van der Waals surface area contributed by atoms with Gasteiger partial charge in [0.2, 0.25) is 0 Å². The standard InChI is InChI=1S/C10H21ClN2O2S/c1-9-7-10(2)13(8-9)16(14,15)12(3)6-4-5-11/h9-10H,4-8H2,1-3H3. The number of alkyl halides is 1. The molecule has 16 heavy (non-hydrogen) atoms. The first-order valence-electron chi connectivity index (χ1n) is 5.68. The second kappa shape index (κ2) is 5.67. The predicted molar refractivity (Wildman–Crippen MR) is 66.8 cm³/mol. The molecule has 1 saturated heterocycles. The summed E-state index contributed by atoms with van der Waals surface area (Å²) < 4.78 is 27.4. The Bertz CT molecular complexity index is 321. The van der Waals surface area contributed by atoms with E-state index in [0.29, 0.717) is 31.3 Å². The molecule has 0 aromatic carbocycles. The summed E-state index contributed by atoms with van der Waals surface area (Å²) in [4.78, 5) is 0. The number of nitrogens with zero attached hydrogens (tertiary/aromatic N) is 2. The lowest BCUT2D eigenvalue weighted by Gasteiger charge is -2.26. The first-order valence-corrected chi connectivity index (χ1v) is 7.61. The van der Waals surface area contributed by atoms with Crippen molar-refractivity contribution in [3.05, 3.63) is 0 Å². The second-order valence-electron chi connectivity index (χ2n) is 4.63. The topological polar surface area (TPSA) is 40.6 Å². The lowest BCUT2D eigenvalue weighted by Crippen LogP contribution is -2.44. The van der Waals surface area contributed by atoms with Crippen LogP contribution in [0.2, 0.25) is 0 Å². The van der Waals surface area contributed by atoms with Gasteiger partial charge in [0.25, 0.3) is 10.2 Å². The van der Waals surface area contributed by atoms with Gasteiger partial charge in [-0.25, -0.2) is 0 Å². The highest BCUT2D eigenvalue weighted by Gasteiger charge is 2.37. The zero-order chi connectivity index (χ0) is 12.3. The number of hydrogen-bond acceptors (Lipinski definition) is 2. The van der Waals surface area contributed by atoms with E-state index in [1.54, 1.807) is 11.4 Å². The van der Waals surface area contributed by atoms with Crippen molar-refractivity contribution in [1.29, 1.82) is 0 Å². The molecule has 1 heterocycles. The second-order valence-corrected chi connectivity index (χ2v) is 7.00. The fourth-order valence-electron chi connectivity index (χ4n) is 2.16. The van der Waals surface area contributed by atoms with Crippen molar-refractivity contribution in [1.82, 2.24) is 8.61 Å². The highest BCUT2D eigenvalue weighted by molar-refractivity contribution is 7.86. The Labute approximate surface area is 104 Å². The van der Waals surface area contributed by atoms with E-state index in [9.17, 15) is 8.42 Å². The first kappa shape index (κ1) is 14.2. The third-order valence-corrected chi connectivity index (χ3v) is 5.36. The van der Waals surface area contributed by atoms with Gasteiger partial charge in [-0.2, -0.15) is 17.0 Å². The third-order valence-electron chi connectivity index (χ3n) is 3.02. The fraction of sp³-hybridized carbons (Fsp3) is 1.00. The van der Waals surface area contributed by atoms with Gasteiger partial charge < -0.3 is 0 Å². The molecule has 2 unspecified atom stereocenters. The van der Waals surface area contributed by atoms with Crippen LogP contribution in [0.4, 0.5) is 0 Å². The van der Waals surface area contributed by atoms with Gasteiger partial charge in [0, 0.05) is 32.1 Å². The molecule has 1 aliphatic rings. The molecule has 0 aliphatic carbocycles. The molecule has 1 rings (SSSR count). The zero-order valence-corrected chi connectivity index (χ0v) is 11.8. The van der Waals surface area contributed by atoms with Gasteiger partial charge >= 0.3 is 0 Å². The maximum atomic E-state index is 12.2. The highest BCUT2D eigenvalue weighted by Crippen LogP contribution is 2.26. The summed E-state index contributed by atoms with van der Waals surface area (Å²) in [6.07, 6.45) is 1.64.